The summed E-state index contributed by atoms with van der Waals surface area (Å²) >= 11 is 0. The smallest absolute Gasteiger partial charge is 0.270 e. The summed E-state index contributed by atoms with van der Waals surface area (Å²) in [7, 11) is 1.65. The van der Waals surface area contributed by atoms with Crippen LogP contribution in [0.15, 0.2) is 42.6 Å². The Kier molecular flexibility index (Phi) is 5.21. The molecular weight excluding hydrogens is 290 g/mol. The molecule has 0 atom stereocenters. The molecule has 0 fully saturated rings. The third-order valence-corrected chi connectivity index (χ3v) is 3.14. The predicted octanol–water partition coefficient (Wildman–Crippen LogP) is 3.23. The number of rotatable bonds is 5. The number of carbonyl (C=O) groups is 1. The van der Waals surface area contributed by atoms with Gasteiger partial charge in [-0.25, -0.2) is 4.98 Å². The lowest BCUT2D eigenvalue weighted by Gasteiger charge is -2.20. The van der Waals surface area contributed by atoms with Crippen molar-refractivity contribution in [1.82, 2.24) is 10.3 Å². The van der Waals surface area contributed by atoms with Gasteiger partial charge in [0, 0.05) is 12.1 Å². The minimum Gasteiger partial charge on any atom is -0.497 e. The van der Waals surface area contributed by atoms with E-state index in [-0.39, 0.29) is 11.4 Å². The van der Waals surface area contributed by atoms with Crippen LogP contribution >= 0.6 is 0 Å². The van der Waals surface area contributed by atoms with Crippen molar-refractivity contribution in [3.8, 4) is 5.75 Å². The summed E-state index contributed by atoms with van der Waals surface area (Å²) < 4.78 is 5.13. The van der Waals surface area contributed by atoms with Gasteiger partial charge in [0.1, 0.15) is 11.4 Å². The highest BCUT2D eigenvalue weighted by atomic mass is 16.5. The molecule has 1 heterocycles. The molecular formula is C18H23N3O2. The summed E-state index contributed by atoms with van der Waals surface area (Å²) in [6.45, 7) is 6.50. The minimum absolute atomic E-state index is 0.167. The molecule has 0 spiro atoms. The first-order valence-corrected chi connectivity index (χ1v) is 7.53. The van der Waals surface area contributed by atoms with Gasteiger partial charge in [-0.15, -0.1) is 0 Å². The van der Waals surface area contributed by atoms with Gasteiger partial charge in [0.2, 0.25) is 0 Å². The van der Waals surface area contributed by atoms with E-state index in [1.54, 1.807) is 19.4 Å². The number of anilines is 1. The maximum absolute atomic E-state index is 12.0. The highest BCUT2D eigenvalue weighted by molar-refractivity contribution is 5.92. The molecule has 5 heteroatoms. The van der Waals surface area contributed by atoms with Gasteiger partial charge < -0.3 is 15.4 Å². The van der Waals surface area contributed by atoms with Crippen molar-refractivity contribution in [2.24, 2.45) is 0 Å². The number of hydrogen-bond donors (Lipinski definition) is 2. The summed E-state index contributed by atoms with van der Waals surface area (Å²) in [5.74, 6) is 0.670. The number of nitrogens with one attached hydrogen (secondary N) is 2. The monoisotopic (exact) mass is 313 g/mol. The molecule has 0 radical (unpaired) electrons. The molecule has 122 valence electrons. The Morgan fingerprint density at radius 3 is 2.35 bits per heavy atom. The van der Waals surface area contributed by atoms with Crippen molar-refractivity contribution in [2.45, 2.75) is 32.9 Å². The molecule has 2 rings (SSSR count). The van der Waals surface area contributed by atoms with E-state index in [1.807, 2.05) is 51.1 Å². The first kappa shape index (κ1) is 16.8. The molecule has 23 heavy (non-hydrogen) atoms. The number of pyridine rings is 1. The number of amides is 1. The third-order valence-electron chi connectivity index (χ3n) is 3.14. The summed E-state index contributed by atoms with van der Waals surface area (Å²) in [5, 5.41) is 6.17. The quantitative estimate of drug-likeness (QED) is 0.889. The van der Waals surface area contributed by atoms with Crippen LogP contribution in [-0.4, -0.2) is 23.5 Å². The number of hydrogen-bond acceptors (Lipinski definition) is 4. The maximum Gasteiger partial charge on any atom is 0.270 e. The zero-order valence-electron chi connectivity index (χ0n) is 14.0. The normalized spacial score (nSPS) is 11.0. The van der Waals surface area contributed by atoms with Crippen LogP contribution in [0, 0.1) is 0 Å². The molecule has 0 bridgehead atoms. The number of aromatic nitrogens is 1. The highest BCUT2D eigenvalue weighted by Crippen LogP contribution is 2.13. The molecule has 0 aliphatic rings. The average Bonchev–Trinajstić information content (AvgIpc) is 2.52. The highest BCUT2D eigenvalue weighted by Gasteiger charge is 2.15. The molecule has 2 N–H and O–H groups in total. The van der Waals surface area contributed by atoms with E-state index in [4.69, 9.17) is 4.74 Å². The van der Waals surface area contributed by atoms with Crippen LogP contribution < -0.4 is 15.4 Å². The Hall–Kier alpha value is -2.56. The second-order valence-corrected chi connectivity index (χ2v) is 6.34. The van der Waals surface area contributed by atoms with E-state index >= 15 is 0 Å². The van der Waals surface area contributed by atoms with Crippen LogP contribution in [0.1, 0.15) is 36.8 Å². The number of ether oxygens (including phenoxy) is 1. The standard InChI is InChI=1S/C18H23N3O2/c1-18(2,3)21-17(22)16-10-7-14(12-20-16)19-11-13-5-8-15(23-4)9-6-13/h5-10,12,19H,11H2,1-4H3,(H,21,22). The number of nitrogens with zero attached hydrogens (tertiary/aromatic N) is 1. The van der Waals surface area contributed by atoms with Crippen LogP contribution in [0.5, 0.6) is 5.75 Å². The Morgan fingerprint density at radius 2 is 1.83 bits per heavy atom. The maximum atomic E-state index is 12.0. The first-order valence-electron chi connectivity index (χ1n) is 7.53. The van der Waals surface area contributed by atoms with Crippen LogP contribution in [-0.2, 0) is 6.54 Å². The lowest BCUT2D eigenvalue weighted by Crippen LogP contribution is -2.40. The van der Waals surface area contributed by atoms with Gasteiger partial charge >= 0.3 is 0 Å². The molecule has 0 aliphatic heterocycles. The van der Waals surface area contributed by atoms with Gasteiger partial charge in [-0.3, -0.25) is 4.79 Å². The first-order chi connectivity index (χ1) is 10.9. The van der Waals surface area contributed by atoms with Gasteiger partial charge in [0.25, 0.3) is 5.91 Å². The van der Waals surface area contributed by atoms with Crippen molar-refractivity contribution >= 4 is 11.6 Å². The zero-order valence-corrected chi connectivity index (χ0v) is 14.0. The topological polar surface area (TPSA) is 63.2 Å². The molecule has 1 aromatic heterocycles. The molecule has 0 unspecified atom stereocenters. The van der Waals surface area contributed by atoms with Crippen molar-refractivity contribution in [1.29, 1.82) is 0 Å². The SMILES string of the molecule is COc1ccc(CNc2ccc(C(=O)NC(C)(C)C)nc2)cc1. The van der Waals surface area contributed by atoms with Crippen molar-refractivity contribution in [3.63, 3.8) is 0 Å². The Bertz CT molecular complexity index is 643. The Labute approximate surface area is 137 Å². The zero-order chi connectivity index (χ0) is 16.9. The fraction of sp³-hybridized carbons (Fsp3) is 0.333. The van der Waals surface area contributed by atoms with Gasteiger partial charge in [0.15, 0.2) is 0 Å². The lowest BCUT2D eigenvalue weighted by atomic mass is 10.1. The molecule has 0 aliphatic carbocycles. The van der Waals surface area contributed by atoms with Gasteiger partial charge in [-0.1, -0.05) is 12.1 Å². The molecule has 2 aromatic rings. The van der Waals surface area contributed by atoms with Crippen LogP contribution in [0.2, 0.25) is 0 Å². The van der Waals surface area contributed by atoms with Crippen molar-refractivity contribution in [2.75, 3.05) is 12.4 Å². The molecule has 5 nitrogen and oxygen atoms in total. The largest absolute Gasteiger partial charge is 0.497 e. The second-order valence-electron chi connectivity index (χ2n) is 6.34. The number of methoxy groups -OCH3 is 1. The number of benzene rings is 1. The van der Waals surface area contributed by atoms with Gasteiger partial charge in [0.05, 0.1) is 19.0 Å². The fourth-order valence-corrected chi connectivity index (χ4v) is 1.98. The van der Waals surface area contributed by atoms with E-state index in [9.17, 15) is 4.79 Å². The number of carbonyl (C=O) groups excluding carboxylic acids is 1. The van der Waals surface area contributed by atoms with Crippen molar-refractivity contribution < 1.29 is 9.53 Å². The van der Waals surface area contributed by atoms with Crippen LogP contribution in [0.4, 0.5) is 5.69 Å². The van der Waals surface area contributed by atoms with Gasteiger partial charge in [-0.2, -0.15) is 0 Å². The predicted molar refractivity (Wildman–Crippen MR) is 91.8 cm³/mol. The van der Waals surface area contributed by atoms with Crippen LogP contribution in [0.3, 0.4) is 0 Å². The van der Waals surface area contributed by atoms with Crippen LogP contribution in [0.25, 0.3) is 0 Å². The van der Waals surface area contributed by atoms with E-state index in [0.29, 0.717) is 12.2 Å². The van der Waals surface area contributed by atoms with E-state index in [0.717, 1.165) is 17.0 Å². The summed E-state index contributed by atoms with van der Waals surface area (Å²) in [6.07, 6.45) is 1.67. The molecule has 0 saturated heterocycles. The summed E-state index contributed by atoms with van der Waals surface area (Å²) in [5.41, 5.74) is 2.15. The lowest BCUT2D eigenvalue weighted by molar-refractivity contribution is 0.0914. The van der Waals surface area contributed by atoms with E-state index in [2.05, 4.69) is 15.6 Å². The second kappa shape index (κ2) is 7.13. The van der Waals surface area contributed by atoms with E-state index in [1.165, 1.54) is 0 Å². The Morgan fingerprint density at radius 1 is 1.13 bits per heavy atom. The average molecular weight is 313 g/mol. The molecule has 1 aromatic carbocycles. The Balaban J connectivity index is 1.93. The van der Waals surface area contributed by atoms with E-state index < -0.39 is 0 Å². The fourth-order valence-electron chi connectivity index (χ4n) is 1.98. The minimum atomic E-state index is -0.274. The third kappa shape index (κ3) is 5.29. The summed E-state index contributed by atoms with van der Waals surface area (Å²) in [6, 6.07) is 11.4. The van der Waals surface area contributed by atoms with Crippen molar-refractivity contribution in [3.05, 3.63) is 53.9 Å². The molecule has 0 saturated carbocycles. The summed E-state index contributed by atoms with van der Waals surface area (Å²) in [4.78, 5) is 16.2. The molecule has 1 amide bonds. The van der Waals surface area contributed by atoms with Gasteiger partial charge in [-0.05, 0) is 50.6 Å².